The van der Waals surface area contributed by atoms with Gasteiger partial charge in [-0.25, -0.2) is 0 Å². The SMILES string of the molecule is CC(=O)[O-].CC(=O)[O-].C[CH2][Ge+2][CH2]C. The molecule has 0 aliphatic heterocycles. The van der Waals surface area contributed by atoms with Crippen molar-refractivity contribution in [2.45, 2.75) is 38.2 Å². The van der Waals surface area contributed by atoms with Gasteiger partial charge in [-0.15, -0.1) is 0 Å². The average molecular weight is 249 g/mol. The maximum atomic E-state index is 8.89. The molecule has 0 heterocycles. The van der Waals surface area contributed by atoms with Crippen LogP contribution in [0.25, 0.3) is 0 Å². The molecule has 0 spiro atoms. The monoisotopic (exact) mass is 250 g/mol. The number of carbonyl (C=O) groups excluding carboxylic acids is 2. The zero-order chi connectivity index (χ0) is 11.3. The molecule has 0 fully saturated rings. The van der Waals surface area contributed by atoms with Gasteiger partial charge in [0.2, 0.25) is 0 Å². The molecule has 0 saturated carbocycles. The van der Waals surface area contributed by atoms with Crippen molar-refractivity contribution in [1.82, 2.24) is 0 Å². The number of carbonyl (C=O) groups is 2. The van der Waals surface area contributed by atoms with E-state index in [1.807, 2.05) is 0 Å². The van der Waals surface area contributed by atoms with Gasteiger partial charge in [-0.2, -0.15) is 0 Å². The van der Waals surface area contributed by atoms with E-state index in [2.05, 4.69) is 13.8 Å². The third-order valence-corrected chi connectivity index (χ3v) is 2.60. The molecule has 0 unspecified atom stereocenters. The molecule has 0 aliphatic carbocycles. The van der Waals surface area contributed by atoms with E-state index in [9.17, 15) is 0 Å². The second kappa shape index (κ2) is 17.5. The second-order valence-electron chi connectivity index (χ2n) is 1.94. The van der Waals surface area contributed by atoms with Gasteiger partial charge in [0.1, 0.15) is 0 Å². The van der Waals surface area contributed by atoms with Gasteiger partial charge in [-0.1, -0.05) is 0 Å². The molecule has 0 aromatic heterocycles. The molecule has 0 atom stereocenters. The maximum absolute atomic E-state index is 8.89. The summed E-state index contributed by atoms with van der Waals surface area (Å²) in [5.41, 5.74) is 0. The van der Waals surface area contributed by atoms with Crippen LogP contribution in [0, 0.1) is 0 Å². The Labute approximate surface area is 85.8 Å². The van der Waals surface area contributed by atoms with Gasteiger partial charge in [0.05, 0.1) is 0 Å². The first kappa shape index (κ1) is 18.3. The molecule has 0 radical (unpaired) electrons. The third-order valence-electron chi connectivity index (χ3n) is 0.500. The Morgan fingerprint density at radius 3 is 1.15 bits per heavy atom. The summed E-state index contributed by atoms with van der Waals surface area (Å²) in [5.74, 6) is -2.17. The van der Waals surface area contributed by atoms with Crippen LogP contribution >= 0.6 is 0 Å². The van der Waals surface area contributed by atoms with E-state index in [0.29, 0.717) is 15.4 Å². The van der Waals surface area contributed by atoms with Gasteiger partial charge < -0.3 is 19.8 Å². The van der Waals surface area contributed by atoms with Crippen molar-refractivity contribution in [1.29, 1.82) is 0 Å². The fraction of sp³-hybridized carbons (Fsp3) is 0.750. The molecule has 13 heavy (non-hydrogen) atoms. The average Bonchev–Trinajstić information content (AvgIpc) is 1.86. The van der Waals surface area contributed by atoms with Crippen LogP contribution in [0.5, 0.6) is 0 Å². The van der Waals surface area contributed by atoms with E-state index in [-0.39, 0.29) is 0 Å². The molecule has 0 aliphatic rings. The zero-order valence-electron chi connectivity index (χ0n) is 8.55. The van der Waals surface area contributed by atoms with Crippen LogP contribution in [-0.2, 0) is 9.59 Å². The van der Waals surface area contributed by atoms with E-state index in [1.165, 1.54) is 10.5 Å². The van der Waals surface area contributed by atoms with E-state index >= 15 is 0 Å². The normalized spacial score (nSPS) is 6.46. The molecule has 4 nitrogen and oxygen atoms in total. The van der Waals surface area contributed by atoms with Crippen molar-refractivity contribution in [3.8, 4) is 0 Å². The first-order valence-corrected chi connectivity index (χ1v) is 6.90. The summed E-state index contributed by atoms with van der Waals surface area (Å²) in [6.07, 6.45) is 0. The van der Waals surface area contributed by atoms with E-state index in [4.69, 9.17) is 19.8 Å². The van der Waals surface area contributed by atoms with Crippen LogP contribution in [0.3, 0.4) is 0 Å². The van der Waals surface area contributed by atoms with Crippen LogP contribution in [0.1, 0.15) is 27.7 Å². The van der Waals surface area contributed by atoms with Gasteiger partial charge >= 0.3 is 39.8 Å². The molecule has 0 aromatic carbocycles. The Balaban J connectivity index is -0.000000117. The fourth-order valence-corrected chi connectivity index (χ4v) is 1.30. The summed E-state index contributed by atoms with van der Waals surface area (Å²) in [4.78, 5) is 17.8. The Morgan fingerprint density at radius 2 is 1.15 bits per heavy atom. The summed E-state index contributed by atoms with van der Waals surface area (Å²) in [7, 11) is 0. The van der Waals surface area contributed by atoms with Crippen molar-refractivity contribution in [2.24, 2.45) is 0 Å². The number of aliphatic carboxylic acids is 2. The summed E-state index contributed by atoms with van der Waals surface area (Å²) in [6, 6.07) is 0. The summed E-state index contributed by atoms with van der Waals surface area (Å²) in [6.45, 7) is 6.48. The van der Waals surface area contributed by atoms with Crippen molar-refractivity contribution >= 4 is 27.4 Å². The van der Waals surface area contributed by atoms with Crippen LogP contribution in [0.4, 0.5) is 0 Å². The van der Waals surface area contributed by atoms with E-state index in [1.54, 1.807) is 0 Å². The van der Waals surface area contributed by atoms with Gasteiger partial charge in [0, 0.05) is 11.9 Å². The summed E-state index contributed by atoms with van der Waals surface area (Å²) < 4.78 is 0. The van der Waals surface area contributed by atoms with Gasteiger partial charge in [0.25, 0.3) is 0 Å². The Hall–Kier alpha value is -0.517. The number of carboxylic acids is 2. The van der Waals surface area contributed by atoms with Gasteiger partial charge in [-0.3, -0.25) is 0 Å². The zero-order valence-corrected chi connectivity index (χ0v) is 10.6. The van der Waals surface area contributed by atoms with E-state index in [0.717, 1.165) is 13.8 Å². The topological polar surface area (TPSA) is 80.3 Å². The Bertz CT molecular complexity index is 103. The van der Waals surface area contributed by atoms with Crippen molar-refractivity contribution in [3.63, 3.8) is 0 Å². The predicted molar refractivity (Wildman–Crippen MR) is 48.1 cm³/mol. The standard InChI is InChI=1S/C4H10Ge.2C2H4O2/c1-3-5-4-2;2*1-2(3)4/h3-4H2,1-2H3;2*1H3,(H,3,4)/q+2;;/p-2. The number of hydrogen-bond acceptors (Lipinski definition) is 4. The fourth-order valence-electron chi connectivity index (χ4n) is 0.250. The van der Waals surface area contributed by atoms with Crippen LogP contribution in [0.2, 0.25) is 10.5 Å². The number of rotatable bonds is 2. The molecule has 76 valence electrons. The predicted octanol–water partition coefficient (Wildman–Crippen LogP) is -0.921. The first-order chi connectivity index (χ1) is 5.88. The van der Waals surface area contributed by atoms with Crippen LogP contribution in [-0.4, -0.2) is 27.4 Å². The van der Waals surface area contributed by atoms with Crippen molar-refractivity contribution in [2.75, 3.05) is 0 Å². The number of hydrogen-bond donors (Lipinski definition) is 0. The molecule has 0 N–H and O–H groups in total. The first-order valence-electron chi connectivity index (χ1n) is 3.94. The van der Waals surface area contributed by atoms with Crippen LogP contribution in [0.15, 0.2) is 0 Å². The van der Waals surface area contributed by atoms with E-state index < -0.39 is 11.9 Å². The molecule has 0 saturated heterocycles. The molecular formula is C8H16GeO4. The van der Waals surface area contributed by atoms with Gasteiger partial charge in [-0.05, 0) is 13.8 Å². The Kier molecular flexibility index (Phi) is 24.7. The minimum atomic E-state index is -1.08. The number of carboxylic acid groups (broad SMARTS) is 2. The van der Waals surface area contributed by atoms with Gasteiger partial charge in [0.15, 0.2) is 0 Å². The van der Waals surface area contributed by atoms with Crippen molar-refractivity contribution in [3.05, 3.63) is 0 Å². The minimum absolute atomic E-state index is 0.528. The molecule has 0 aromatic rings. The van der Waals surface area contributed by atoms with Crippen molar-refractivity contribution < 1.29 is 19.8 Å². The molecule has 0 rings (SSSR count). The summed E-state index contributed by atoms with van der Waals surface area (Å²) >= 11 is 0.528. The summed E-state index contributed by atoms with van der Waals surface area (Å²) in [5, 5.41) is 20.7. The second-order valence-corrected chi connectivity index (χ2v) is 5.96. The molecule has 0 bridgehead atoms. The molecule has 5 heteroatoms. The van der Waals surface area contributed by atoms with Crippen LogP contribution < -0.4 is 10.2 Å². The quantitative estimate of drug-likeness (QED) is 0.592. The Morgan fingerprint density at radius 1 is 1.00 bits per heavy atom. The molecular weight excluding hydrogens is 233 g/mol. The molecule has 0 amide bonds. The third kappa shape index (κ3) is 470.